The van der Waals surface area contributed by atoms with Gasteiger partial charge in [-0.1, -0.05) is 0 Å². The summed E-state index contributed by atoms with van der Waals surface area (Å²) in [6, 6.07) is 0. The summed E-state index contributed by atoms with van der Waals surface area (Å²) in [6.45, 7) is 6.34. The van der Waals surface area contributed by atoms with Crippen LogP contribution in [0.2, 0.25) is 0 Å². The van der Waals surface area contributed by atoms with Gasteiger partial charge < -0.3 is 15.3 Å². The second-order valence-corrected chi connectivity index (χ2v) is 6.17. The summed E-state index contributed by atoms with van der Waals surface area (Å²) in [6.07, 6.45) is 3.20. The molecule has 124 valence electrons. The Morgan fingerprint density at radius 1 is 1.48 bits per heavy atom. The maximum atomic E-state index is 11.9. The zero-order valence-corrected chi connectivity index (χ0v) is 12.9. The van der Waals surface area contributed by atoms with Crippen LogP contribution in [0.4, 0.5) is 5.82 Å². The molecule has 10 heteroatoms. The van der Waals surface area contributed by atoms with Gasteiger partial charge >= 0.3 is 5.82 Å². The van der Waals surface area contributed by atoms with Gasteiger partial charge in [0, 0.05) is 0 Å². The number of nitrogens with one attached hydrogen (secondary N) is 1. The molecule has 0 radical (unpaired) electrons. The largest absolute Gasteiger partial charge is 0.368 e. The van der Waals surface area contributed by atoms with Crippen LogP contribution >= 0.6 is 0 Å². The molecule has 3 heterocycles. The second-order valence-electron chi connectivity index (χ2n) is 6.17. The third kappa shape index (κ3) is 2.77. The van der Waals surface area contributed by atoms with E-state index in [0.29, 0.717) is 26.3 Å². The Kier molecular flexibility index (Phi) is 3.76. The molecule has 10 nitrogen and oxygen atoms in total. The fraction of sp³-hybridized carbons (Fsp3) is 0.615. The molecule has 2 aliphatic rings. The van der Waals surface area contributed by atoms with Crippen molar-refractivity contribution in [2.24, 2.45) is 5.41 Å². The first kappa shape index (κ1) is 15.4. The summed E-state index contributed by atoms with van der Waals surface area (Å²) < 4.78 is 12.0. The summed E-state index contributed by atoms with van der Waals surface area (Å²) in [7, 11) is 0. The van der Waals surface area contributed by atoms with E-state index in [4.69, 9.17) is 4.74 Å². The topological polar surface area (TPSA) is 120 Å². The number of fused-ring (bicyclic) bond motifs is 1. The molecular weight excluding hydrogens is 306 g/mol. The first-order valence-electron chi connectivity index (χ1n) is 7.28. The van der Waals surface area contributed by atoms with Gasteiger partial charge in [0.1, 0.15) is 25.3 Å². The van der Waals surface area contributed by atoms with Crippen molar-refractivity contribution in [3.05, 3.63) is 32.9 Å². The molecule has 1 fully saturated rings. The fourth-order valence-electron chi connectivity index (χ4n) is 3.11. The Morgan fingerprint density at radius 3 is 2.83 bits per heavy atom. The zero-order valence-electron chi connectivity index (χ0n) is 12.9. The summed E-state index contributed by atoms with van der Waals surface area (Å²) in [5.41, 5.74) is -0.668. The van der Waals surface area contributed by atoms with Crippen molar-refractivity contribution in [3.8, 4) is 0 Å². The van der Waals surface area contributed by atoms with Crippen LogP contribution in [0, 0.1) is 20.7 Å². The van der Waals surface area contributed by atoms with Crippen molar-refractivity contribution in [1.29, 1.82) is 0 Å². The molecule has 0 aromatic carbocycles. The fourth-order valence-corrected chi connectivity index (χ4v) is 3.11. The molecule has 0 spiro atoms. The Labute approximate surface area is 131 Å². The minimum Gasteiger partial charge on any atom is -0.368 e. The van der Waals surface area contributed by atoms with Crippen LogP contribution in [-0.2, 0) is 4.74 Å². The molecule has 1 atom stereocenters. The Bertz CT molecular complexity index is 685. The predicted octanol–water partition coefficient (Wildman–Crippen LogP) is 0.0749. The van der Waals surface area contributed by atoms with E-state index in [0.717, 1.165) is 0 Å². The van der Waals surface area contributed by atoms with Crippen LogP contribution in [0.25, 0.3) is 0 Å². The lowest BCUT2D eigenvalue weighted by molar-refractivity contribution is -0.809. The molecule has 1 saturated heterocycles. The number of morpholine rings is 1. The molecule has 0 amide bonds. The van der Waals surface area contributed by atoms with Crippen LogP contribution in [0.5, 0.6) is 0 Å². The highest BCUT2D eigenvalue weighted by Gasteiger charge is 2.50. The van der Waals surface area contributed by atoms with E-state index >= 15 is 0 Å². The molecule has 0 saturated carbocycles. The minimum absolute atomic E-state index is 0.0974. The van der Waals surface area contributed by atoms with Gasteiger partial charge in [-0.25, -0.2) is 4.58 Å². The van der Waals surface area contributed by atoms with E-state index in [1.165, 1.54) is 6.20 Å². The van der Waals surface area contributed by atoms with Gasteiger partial charge in [0.05, 0.1) is 21.7 Å². The molecule has 1 aromatic heterocycles. The summed E-state index contributed by atoms with van der Waals surface area (Å²) in [5.74, 6) is -0.570. The summed E-state index contributed by atoms with van der Waals surface area (Å²) in [5, 5.41) is 29.6. The SMILES string of the molecule is CC(C)(C=[N+]1CCOCC1)C1C([N+](=O)[O-])=CNc2no[n+]([O-])c21. The monoisotopic (exact) mass is 324 g/mol. The van der Waals surface area contributed by atoms with Crippen molar-refractivity contribution >= 4 is 12.0 Å². The molecule has 1 unspecified atom stereocenters. The van der Waals surface area contributed by atoms with E-state index in [-0.39, 0.29) is 22.1 Å². The number of rotatable bonds is 3. The molecule has 1 N–H and O–H groups in total. The van der Waals surface area contributed by atoms with Crippen LogP contribution in [0.15, 0.2) is 16.5 Å². The first-order valence-corrected chi connectivity index (χ1v) is 7.28. The molecule has 23 heavy (non-hydrogen) atoms. The third-order valence-electron chi connectivity index (χ3n) is 4.09. The summed E-state index contributed by atoms with van der Waals surface area (Å²) >= 11 is 0. The highest BCUT2D eigenvalue weighted by Crippen LogP contribution is 2.43. The van der Waals surface area contributed by atoms with Crippen molar-refractivity contribution in [3.63, 3.8) is 0 Å². The Morgan fingerprint density at radius 2 is 2.17 bits per heavy atom. The lowest BCUT2D eigenvalue weighted by Gasteiger charge is -2.27. The number of aromatic nitrogens is 2. The predicted molar refractivity (Wildman–Crippen MR) is 77.6 cm³/mol. The third-order valence-corrected chi connectivity index (χ3v) is 4.09. The second kappa shape index (κ2) is 5.61. The van der Waals surface area contributed by atoms with E-state index in [2.05, 4.69) is 19.7 Å². The molecule has 1 aromatic rings. The van der Waals surface area contributed by atoms with Gasteiger partial charge in [-0.3, -0.25) is 14.7 Å². The highest BCUT2D eigenvalue weighted by atomic mass is 16.8. The lowest BCUT2D eigenvalue weighted by Crippen LogP contribution is -2.42. The Hall–Kier alpha value is -2.49. The molecule has 0 aliphatic carbocycles. The molecule has 3 rings (SSSR count). The van der Waals surface area contributed by atoms with Crippen LogP contribution in [0.1, 0.15) is 25.5 Å². The average Bonchev–Trinajstić information content (AvgIpc) is 2.88. The maximum Gasteiger partial charge on any atom is 0.315 e. The minimum atomic E-state index is -0.777. The van der Waals surface area contributed by atoms with Gasteiger partial charge in [0.15, 0.2) is 13.1 Å². The van der Waals surface area contributed by atoms with Crippen LogP contribution < -0.4 is 10.2 Å². The van der Waals surface area contributed by atoms with Gasteiger partial charge in [-0.05, 0) is 18.8 Å². The molecular formula is C13H18N5O5+. The summed E-state index contributed by atoms with van der Waals surface area (Å²) in [4.78, 5) is 11.2. The van der Waals surface area contributed by atoms with Crippen LogP contribution in [0.3, 0.4) is 0 Å². The van der Waals surface area contributed by atoms with Crippen molar-refractivity contribution in [2.75, 3.05) is 31.6 Å². The van der Waals surface area contributed by atoms with Gasteiger partial charge in [0.25, 0.3) is 5.70 Å². The number of hydrogen-bond acceptors (Lipinski definition) is 7. The number of hydrogen-bond donors (Lipinski definition) is 1. The number of anilines is 1. The van der Waals surface area contributed by atoms with Gasteiger partial charge in [-0.15, -0.1) is 0 Å². The van der Waals surface area contributed by atoms with E-state index < -0.39 is 16.3 Å². The molecule has 0 bridgehead atoms. The number of nitro groups is 1. The highest BCUT2D eigenvalue weighted by molar-refractivity contribution is 5.65. The molecule has 2 aliphatic heterocycles. The van der Waals surface area contributed by atoms with Crippen molar-refractivity contribution < 1.29 is 23.8 Å². The standard InChI is InChI=1S/C13H18N5O5/c1-13(2,8-16-3-5-22-6-4-16)10-9(17(19)20)7-14-12-11(10)18(21)23-15-12/h7-8,10H,3-6H2,1-2H3,(H,14,15)/q+1. The number of allylic oxidation sites excluding steroid dienone is 1. The van der Waals surface area contributed by atoms with Gasteiger partial charge in [0.2, 0.25) is 5.69 Å². The first-order chi connectivity index (χ1) is 10.9. The number of nitrogens with zero attached hydrogens (tertiary/aromatic N) is 4. The average molecular weight is 324 g/mol. The van der Waals surface area contributed by atoms with E-state index in [9.17, 15) is 15.3 Å². The van der Waals surface area contributed by atoms with E-state index in [1.807, 2.05) is 20.1 Å². The number of ether oxygens (including phenoxy) is 1. The smallest absolute Gasteiger partial charge is 0.315 e. The Balaban J connectivity index is 2.04. The zero-order chi connectivity index (χ0) is 16.6. The quantitative estimate of drug-likeness (QED) is 0.361. The maximum absolute atomic E-state index is 11.9. The van der Waals surface area contributed by atoms with Crippen molar-refractivity contribution in [2.45, 2.75) is 19.8 Å². The van der Waals surface area contributed by atoms with Crippen molar-refractivity contribution in [1.82, 2.24) is 5.16 Å². The normalized spacial score (nSPS) is 21.2. The lowest BCUT2D eigenvalue weighted by atomic mass is 9.75. The van der Waals surface area contributed by atoms with Crippen LogP contribution in [-0.4, -0.2) is 47.2 Å². The van der Waals surface area contributed by atoms with Gasteiger partial charge in [-0.2, -0.15) is 0 Å². The van der Waals surface area contributed by atoms with E-state index in [1.54, 1.807) is 0 Å².